The molecule has 1 N–H and O–H groups in total. The van der Waals surface area contributed by atoms with Crippen LogP contribution in [0, 0.1) is 13.8 Å². The molecule has 0 atom stereocenters. The molecule has 100 valence electrons. The molecule has 1 aromatic heterocycles. The summed E-state index contributed by atoms with van der Waals surface area (Å²) in [6.07, 6.45) is 1.82. The molecule has 0 radical (unpaired) electrons. The molecule has 0 amide bonds. The van der Waals surface area contributed by atoms with Gasteiger partial charge in [-0.25, -0.2) is 4.98 Å². The summed E-state index contributed by atoms with van der Waals surface area (Å²) < 4.78 is 6.25. The highest BCUT2D eigenvalue weighted by molar-refractivity contribution is 9.10. The zero-order valence-electron chi connectivity index (χ0n) is 11.3. The van der Waals surface area contributed by atoms with Crippen LogP contribution in [0.3, 0.4) is 0 Å². The van der Waals surface area contributed by atoms with E-state index >= 15 is 0 Å². The first-order valence-electron chi connectivity index (χ1n) is 6.09. The SMILES string of the molecule is COc1ccc(C)cc1CNc1cnc(Br)c(C)c1. The number of aryl methyl sites for hydroxylation is 2. The van der Waals surface area contributed by atoms with Crippen LogP contribution in [0.25, 0.3) is 0 Å². The summed E-state index contributed by atoms with van der Waals surface area (Å²) in [5, 5.41) is 3.37. The zero-order chi connectivity index (χ0) is 13.8. The normalized spacial score (nSPS) is 10.3. The number of pyridine rings is 1. The lowest BCUT2D eigenvalue weighted by Gasteiger charge is -2.12. The van der Waals surface area contributed by atoms with Crippen molar-refractivity contribution in [3.8, 4) is 5.75 Å². The summed E-state index contributed by atoms with van der Waals surface area (Å²) in [5.74, 6) is 0.903. The van der Waals surface area contributed by atoms with E-state index in [1.165, 1.54) is 5.56 Å². The van der Waals surface area contributed by atoms with Crippen molar-refractivity contribution in [3.63, 3.8) is 0 Å². The molecule has 0 fully saturated rings. The number of hydrogen-bond donors (Lipinski definition) is 1. The second kappa shape index (κ2) is 6.06. The van der Waals surface area contributed by atoms with E-state index in [-0.39, 0.29) is 0 Å². The van der Waals surface area contributed by atoms with Gasteiger partial charge in [0.2, 0.25) is 0 Å². The van der Waals surface area contributed by atoms with Crippen LogP contribution < -0.4 is 10.1 Å². The summed E-state index contributed by atoms with van der Waals surface area (Å²) in [7, 11) is 1.69. The van der Waals surface area contributed by atoms with Crippen LogP contribution in [-0.4, -0.2) is 12.1 Å². The van der Waals surface area contributed by atoms with Crippen LogP contribution in [0.5, 0.6) is 5.75 Å². The van der Waals surface area contributed by atoms with Gasteiger partial charge in [0.25, 0.3) is 0 Å². The molecule has 3 nitrogen and oxygen atoms in total. The first kappa shape index (κ1) is 13.9. The number of nitrogens with zero attached hydrogens (tertiary/aromatic N) is 1. The minimum Gasteiger partial charge on any atom is -0.496 e. The molecular weight excluding hydrogens is 304 g/mol. The van der Waals surface area contributed by atoms with Crippen molar-refractivity contribution in [3.05, 3.63) is 51.8 Å². The van der Waals surface area contributed by atoms with Crippen molar-refractivity contribution < 1.29 is 4.74 Å². The standard InChI is InChI=1S/C15H17BrN2O/c1-10-4-5-14(19-3)12(6-10)8-17-13-7-11(2)15(16)18-9-13/h4-7,9,17H,8H2,1-3H3. The molecule has 0 aliphatic rings. The van der Waals surface area contributed by atoms with Gasteiger partial charge in [-0.3, -0.25) is 0 Å². The van der Waals surface area contributed by atoms with Gasteiger partial charge in [0.15, 0.2) is 0 Å². The van der Waals surface area contributed by atoms with Crippen LogP contribution in [-0.2, 0) is 6.54 Å². The van der Waals surface area contributed by atoms with Gasteiger partial charge in [-0.15, -0.1) is 0 Å². The lowest BCUT2D eigenvalue weighted by atomic mass is 10.1. The first-order valence-corrected chi connectivity index (χ1v) is 6.89. The summed E-state index contributed by atoms with van der Waals surface area (Å²) in [4.78, 5) is 4.27. The quantitative estimate of drug-likeness (QED) is 0.862. The predicted octanol–water partition coefficient (Wildman–Crippen LogP) is 4.08. The van der Waals surface area contributed by atoms with Crippen molar-refractivity contribution in [2.24, 2.45) is 0 Å². The Morgan fingerprint density at radius 1 is 1.26 bits per heavy atom. The zero-order valence-corrected chi connectivity index (χ0v) is 12.9. The Balaban J connectivity index is 2.13. The van der Waals surface area contributed by atoms with Crippen LogP contribution in [0.1, 0.15) is 16.7 Å². The molecule has 19 heavy (non-hydrogen) atoms. The Hall–Kier alpha value is -1.55. The molecule has 2 rings (SSSR count). The molecular formula is C15H17BrN2O. The van der Waals surface area contributed by atoms with E-state index < -0.39 is 0 Å². The topological polar surface area (TPSA) is 34.1 Å². The summed E-state index contributed by atoms with van der Waals surface area (Å²) in [6, 6.07) is 8.25. The van der Waals surface area contributed by atoms with Gasteiger partial charge in [-0.05, 0) is 47.5 Å². The third-order valence-electron chi connectivity index (χ3n) is 2.93. The van der Waals surface area contributed by atoms with Crippen molar-refractivity contribution >= 4 is 21.6 Å². The minimum atomic E-state index is 0.716. The Labute approximate surface area is 122 Å². The smallest absolute Gasteiger partial charge is 0.123 e. The van der Waals surface area contributed by atoms with Crippen molar-refractivity contribution in [1.82, 2.24) is 4.98 Å². The number of aromatic nitrogens is 1. The van der Waals surface area contributed by atoms with E-state index in [0.717, 1.165) is 27.2 Å². The molecule has 0 saturated carbocycles. The molecule has 0 saturated heterocycles. The largest absolute Gasteiger partial charge is 0.496 e. The van der Waals surface area contributed by atoms with E-state index in [0.29, 0.717) is 6.54 Å². The Kier molecular flexibility index (Phi) is 4.43. The maximum Gasteiger partial charge on any atom is 0.123 e. The van der Waals surface area contributed by atoms with Gasteiger partial charge < -0.3 is 10.1 Å². The average molecular weight is 321 g/mol. The van der Waals surface area contributed by atoms with E-state index in [9.17, 15) is 0 Å². The molecule has 1 heterocycles. The fourth-order valence-corrected chi connectivity index (χ4v) is 2.11. The second-order valence-corrected chi connectivity index (χ2v) is 5.25. The molecule has 0 aliphatic carbocycles. The first-order chi connectivity index (χ1) is 9.10. The summed E-state index contributed by atoms with van der Waals surface area (Å²) in [5.41, 5.74) is 4.48. The van der Waals surface area contributed by atoms with Gasteiger partial charge in [0, 0.05) is 12.1 Å². The number of methoxy groups -OCH3 is 1. The third kappa shape index (κ3) is 3.47. The van der Waals surface area contributed by atoms with Crippen molar-refractivity contribution in [2.75, 3.05) is 12.4 Å². The van der Waals surface area contributed by atoms with E-state index in [4.69, 9.17) is 4.74 Å². The maximum absolute atomic E-state index is 5.37. The van der Waals surface area contributed by atoms with Gasteiger partial charge in [0.05, 0.1) is 19.0 Å². The maximum atomic E-state index is 5.37. The molecule has 0 bridgehead atoms. The summed E-state index contributed by atoms with van der Waals surface area (Å²) in [6.45, 7) is 4.82. The van der Waals surface area contributed by atoms with E-state index in [1.54, 1.807) is 7.11 Å². The third-order valence-corrected chi connectivity index (χ3v) is 3.76. The van der Waals surface area contributed by atoms with E-state index in [2.05, 4.69) is 45.3 Å². The number of anilines is 1. The fraction of sp³-hybridized carbons (Fsp3) is 0.267. The lowest BCUT2D eigenvalue weighted by Crippen LogP contribution is -2.03. The molecule has 1 aromatic carbocycles. The van der Waals surface area contributed by atoms with Gasteiger partial charge in [-0.1, -0.05) is 17.7 Å². The number of nitrogens with one attached hydrogen (secondary N) is 1. The number of ether oxygens (including phenoxy) is 1. The number of benzene rings is 1. The lowest BCUT2D eigenvalue weighted by molar-refractivity contribution is 0.410. The summed E-state index contributed by atoms with van der Waals surface area (Å²) >= 11 is 3.40. The highest BCUT2D eigenvalue weighted by atomic mass is 79.9. The average Bonchev–Trinajstić information content (AvgIpc) is 2.40. The van der Waals surface area contributed by atoms with Crippen LogP contribution in [0.4, 0.5) is 5.69 Å². The molecule has 0 spiro atoms. The van der Waals surface area contributed by atoms with Gasteiger partial charge in [-0.2, -0.15) is 0 Å². The monoisotopic (exact) mass is 320 g/mol. The minimum absolute atomic E-state index is 0.716. The number of halogens is 1. The molecule has 2 aromatic rings. The number of hydrogen-bond acceptors (Lipinski definition) is 3. The van der Waals surface area contributed by atoms with Gasteiger partial charge >= 0.3 is 0 Å². The second-order valence-electron chi connectivity index (χ2n) is 4.50. The van der Waals surface area contributed by atoms with E-state index in [1.807, 2.05) is 25.3 Å². The van der Waals surface area contributed by atoms with Crippen LogP contribution in [0.2, 0.25) is 0 Å². The van der Waals surface area contributed by atoms with Crippen LogP contribution in [0.15, 0.2) is 35.1 Å². The van der Waals surface area contributed by atoms with Gasteiger partial charge in [0.1, 0.15) is 10.4 Å². The van der Waals surface area contributed by atoms with Crippen molar-refractivity contribution in [2.45, 2.75) is 20.4 Å². The molecule has 0 aliphatic heterocycles. The number of rotatable bonds is 4. The Morgan fingerprint density at radius 2 is 2.05 bits per heavy atom. The molecule has 0 unspecified atom stereocenters. The van der Waals surface area contributed by atoms with Crippen LogP contribution >= 0.6 is 15.9 Å². The fourth-order valence-electron chi connectivity index (χ4n) is 1.90. The van der Waals surface area contributed by atoms with Crippen molar-refractivity contribution in [1.29, 1.82) is 0 Å². The molecule has 4 heteroatoms. The Morgan fingerprint density at radius 3 is 2.74 bits per heavy atom. The highest BCUT2D eigenvalue weighted by Gasteiger charge is 2.04. The Bertz CT molecular complexity index is 584. The highest BCUT2D eigenvalue weighted by Crippen LogP contribution is 2.22. The predicted molar refractivity (Wildman–Crippen MR) is 81.7 cm³/mol.